The Bertz CT molecular complexity index is 1110. The molecule has 0 saturated heterocycles. The predicted octanol–water partition coefficient (Wildman–Crippen LogP) is 6.04. The first kappa shape index (κ1) is 19.4. The zero-order valence-corrected chi connectivity index (χ0v) is 17.8. The first-order chi connectivity index (χ1) is 14.1. The van der Waals surface area contributed by atoms with Gasteiger partial charge in [-0.2, -0.15) is 0 Å². The van der Waals surface area contributed by atoms with E-state index >= 15 is 0 Å². The van der Waals surface area contributed by atoms with E-state index in [1.165, 1.54) is 27.3 Å². The quantitative estimate of drug-likeness (QED) is 0.414. The number of hydrogen-bond acceptors (Lipinski definition) is 5. The lowest BCUT2D eigenvalue weighted by Crippen LogP contribution is -2.14. The number of thiophene rings is 1. The van der Waals surface area contributed by atoms with Crippen molar-refractivity contribution in [2.75, 3.05) is 12.4 Å². The lowest BCUT2D eigenvalue weighted by atomic mass is 10.1. The highest BCUT2D eigenvalue weighted by atomic mass is 32.1. The Hall–Kier alpha value is -2.96. The van der Waals surface area contributed by atoms with Crippen LogP contribution in [0, 0.1) is 6.92 Å². The second kappa shape index (κ2) is 8.59. The molecule has 0 aliphatic heterocycles. The fraction of sp³-hybridized carbons (Fsp3) is 0.130. The third-order valence-corrected chi connectivity index (χ3v) is 6.38. The molecule has 2 heterocycles. The highest BCUT2D eigenvalue weighted by Crippen LogP contribution is 2.35. The summed E-state index contributed by atoms with van der Waals surface area (Å²) in [5.41, 5.74) is 4.27. The Morgan fingerprint density at radius 1 is 1.00 bits per heavy atom. The van der Waals surface area contributed by atoms with Crippen molar-refractivity contribution >= 4 is 33.7 Å². The van der Waals surface area contributed by atoms with Gasteiger partial charge in [0, 0.05) is 10.3 Å². The SMILES string of the molecule is COc1ccc(CC(=O)Nc2nc(-c3ccc(-c4ccc(C)cc4)s3)cs2)cc1. The molecule has 0 spiro atoms. The van der Waals surface area contributed by atoms with Gasteiger partial charge in [0.25, 0.3) is 0 Å². The molecular formula is C23H20N2O2S2. The van der Waals surface area contributed by atoms with E-state index in [2.05, 4.69) is 53.6 Å². The fourth-order valence-electron chi connectivity index (χ4n) is 2.89. The molecule has 6 heteroatoms. The van der Waals surface area contributed by atoms with Crippen LogP contribution in [0.1, 0.15) is 11.1 Å². The lowest BCUT2D eigenvalue weighted by molar-refractivity contribution is -0.115. The molecule has 2 aromatic heterocycles. The molecule has 1 amide bonds. The summed E-state index contributed by atoms with van der Waals surface area (Å²) in [6.07, 6.45) is 0.301. The summed E-state index contributed by atoms with van der Waals surface area (Å²) in [5, 5.41) is 5.49. The van der Waals surface area contributed by atoms with Crippen molar-refractivity contribution < 1.29 is 9.53 Å². The first-order valence-corrected chi connectivity index (χ1v) is 10.9. The van der Waals surface area contributed by atoms with Gasteiger partial charge in [0.05, 0.1) is 24.1 Å². The average Bonchev–Trinajstić information content (AvgIpc) is 3.39. The van der Waals surface area contributed by atoms with Gasteiger partial charge in [0.15, 0.2) is 5.13 Å². The van der Waals surface area contributed by atoms with E-state index in [1.807, 2.05) is 29.6 Å². The normalized spacial score (nSPS) is 10.7. The van der Waals surface area contributed by atoms with Gasteiger partial charge in [0.1, 0.15) is 5.75 Å². The number of anilines is 1. The van der Waals surface area contributed by atoms with E-state index in [4.69, 9.17) is 4.74 Å². The van der Waals surface area contributed by atoms with Crippen LogP contribution in [0.3, 0.4) is 0 Å². The summed E-state index contributed by atoms with van der Waals surface area (Å²) in [6, 6.07) is 20.2. The van der Waals surface area contributed by atoms with Crippen LogP contribution in [0.25, 0.3) is 21.0 Å². The first-order valence-electron chi connectivity index (χ1n) is 9.16. The Labute approximate surface area is 177 Å². The van der Waals surface area contributed by atoms with Crippen molar-refractivity contribution in [3.8, 4) is 26.8 Å². The molecule has 0 fully saturated rings. The number of hydrogen-bond donors (Lipinski definition) is 1. The minimum Gasteiger partial charge on any atom is -0.497 e. The second-order valence-electron chi connectivity index (χ2n) is 6.64. The van der Waals surface area contributed by atoms with Crippen LogP contribution in [0.15, 0.2) is 66.0 Å². The van der Waals surface area contributed by atoms with Crippen molar-refractivity contribution in [3.63, 3.8) is 0 Å². The Kier molecular flexibility index (Phi) is 5.74. The molecule has 2 aromatic carbocycles. The van der Waals surface area contributed by atoms with Crippen molar-refractivity contribution in [2.24, 2.45) is 0 Å². The van der Waals surface area contributed by atoms with Gasteiger partial charge < -0.3 is 10.1 Å². The molecule has 0 atom stereocenters. The second-order valence-corrected chi connectivity index (χ2v) is 8.58. The number of methoxy groups -OCH3 is 1. The molecule has 29 heavy (non-hydrogen) atoms. The average molecular weight is 421 g/mol. The largest absolute Gasteiger partial charge is 0.497 e. The van der Waals surface area contributed by atoms with Gasteiger partial charge in [-0.25, -0.2) is 4.98 Å². The van der Waals surface area contributed by atoms with Crippen LogP contribution in [0.5, 0.6) is 5.75 Å². The number of aromatic nitrogens is 1. The van der Waals surface area contributed by atoms with Crippen molar-refractivity contribution in [2.45, 2.75) is 13.3 Å². The number of thiazole rings is 1. The number of aryl methyl sites for hydroxylation is 1. The van der Waals surface area contributed by atoms with E-state index in [0.29, 0.717) is 11.6 Å². The molecule has 4 aromatic rings. The number of benzene rings is 2. The van der Waals surface area contributed by atoms with Crippen LogP contribution in [0.4, 0.5) is 5.13 Å². The third-order valence-electron chi connectivity index (χ3n) is 4.47. The molecule has 0 saturated carbocycles. The minimum absolute atomic E-state index is 0.0809. The van der Waals surface area contributed by atoms with E-state index in [-0.39, 0.29) is 5.91 Å². The number of ether oxygens (including phenoxy) is 1. The zero-order valence-electron chi connectivity index (χ0n) is 16.1. The number of carbonyl (C=O) groups excluding carboxylic acids is 1. The Morgan fingerprint density at radius 2 is 1.72 bits per heavy atom. The van der Waals surface area contributed by atoms with Crippen molar-refractivity contribution in [3.05, 3.63) is 77.2 Å². The van der Waals surface area contributed by atoms with Gasteiger partial charge in [0.2, 0.25) is 5.91 Å². The van der Waals surface area contributed by atoms with Crippen molar-refractivity contribution in [1.82, 2.24) is 4.98 Å². The number of nitrogens with one attached hydrogen (secondary N) is 1. The Morgan fingerprint density at radius 3 is 2.45 bits per heavy atom. The topological polar surface area (TPSA) is 51.2 Å². The fourth-order valence-corrected chi connectivity index (χ4v) is 4.66. The van der Waals surface area contributed by atoms with Gasteiger partial charge in [-0.15, -0.1) is 22.7 Å². The monoisotopic (exact) mass is 420 g/mol. The summed E-state index contributed by atoms with van der Waals surface area (Å²) in [5.74, 6) is 0.697. The summed E-state index contributed by atoms with van der Waals surface area (Å²) >= 11 is 3.14. The molecule has 0 aliphatic carbocycles. The molecule has 4 nitrogen and oxygen atoms in total. The summed E-state index contributed by atoms with van der Waals surface area (Å²) in [6.45, 7) is 2.09. The zero-order chi connectivity index (χ0) is 20.2. The molecule has 0 radical (unpaired) electrons. The molecule has 0 bridgehead atoms. The maximum absolute atomic E-state index is 12.3. The molecule has 1 N–H and O–H groups in total. The molecule has 0 unspecified atom stereocenters. The van der Waals surface area contributed by atoms with E-state index in [0.717, 1.165) is 21.9 Å². The van der Waals surface area contributed by atoms with Crippen LogP contribution in [0.2, 0.25) is 0 Å². The van der Waals surface area contributed by atoms with Gasteiger partial charge in [-0.3, -0.25) is 4.79 Å². The van der Waals surface area contributed by atoms with Crippen LogP contribution in [-0.2, 0) is 11.2 Å². The van der Waals surface area contributed by atoms with Crippen LogP contribution in [-0.4, -0.2) is 18.0 Å². The summed E-state index contributed by atoms with van der Waals surface area (Å²) in [7, 11) is 1.62. The Balaban J connectivity index is 1.41. The highest BCUT2D eigenvalue weighted by Gasteiger charge is 2.11. The van der Waals surface area contributed by atoms with E-state index in [1.54, 1.807) is 18.4 Å². The van der Waals surface area contributed by atoms with Crippen LogP contribution >= 0.6 is 22.7 Å². The maximum atomic E-state index is 12.3. The van der Waals surface area contributed by atoms with Gasteiger partial charge in [-0.05, 0) is 42.3 Å². The number of rotatable bonds is 6. The van der Waals surface area contributed by atoms with E-state index < -0.39 is 0 Å². The molecule has 146 valence electrons. The summed E-state index contributed by atoms with van der Waals surface area (Å²) < 4.78 is 5.14. The number of carbonyl (C=O) groups is 1. The molecule has 0 aliphatic rings. The molecular weight excluding hydrogens is 400 g/mol. The maximum Gasteiger partial charge on any atom is 0.230 e. The van der Waals surface area contributed by atoms with Gasteiger partial charge >= 0.3 is 0 Å². The van der Waals surface area contributed by atoms with Crippen molar-refractivity contribution in [1.29, 1.82) is 0 Å². The van der Waals surface area contributed by atoms with E-state index in [9.17, 15) is 4.79 Å². The number of nitrogens with zero attached hydrogens (tertiary/aromatic N) is 1. The number of amides is 1. The standard InChI is InChI=1S/C23H20N2O2S2/c1-15-3-7-17(8-4-15)20-11-12-21(29-20)19-14-28-23(24-19)25-22(26)13-16-5-9-18(27-2)10-6-16/h3-12,14H,13H2,1-2H3,(H,24,25,26). The minimum atomic E-state index is -0.0809. The third kappa shape index (κ3) is 4.72. The predicted molar refractivity (Wildman–Crippen MR) is 121 cm³/mol. The van der Waals surface area contributed by atoms with Gasteiger partial charge in [-0.1, -0.05) is 42.0 Å². The molecule has 4 rings (SSSR count). The summed E-state index contributed by atoms with van der Waals surface area (Å²) in [4.78, 5) is 19.2. The highest BCUT2D eigenvalue weighted by molar-refractivity contribution is 7.19. The smallest absolute Gasteiger partial charge is 0.230 e. The van der Waals surface area contributed by atoms with Crippen LogP contribution < -0.4 is 10.1 Å². The lowest BCUT2D eigenvalue weighted by Gasteiger charge is -2.03.